The molecule has 0 amide bonds. The van der Waals surface area contributed by atoms with Crippen LogP contribution in [0.3, 0.4) is 0 Å². The highest BCUT2D eigenvalue weighted by Crippen LogP contribution is 2.19. The first-order chi connectivity index (χ1) is 6.75. The third-order valence-electron chi connectivity index (χ3n) is 3.20. The molecule has 0 unspecified atom stereocenters. The molecule has 2 rings (SSSR count). The molecular formula is C10H18N2O2. The minimum atomic E-state index is -0.706. The van der Waals surface area contributed by atoms with E-state index in [4.69, 9.17) is 5.11 Å². The first kappa shape index (κ1) is 9.93. The fourth-order valence-corrected chi connectivity index (χ4v) is 2.38. The van der Waals surface area contributed by atoms with E-state index >= 15 is 0 Å². The molecule has 80 valence electrons. The molecule has 2 saturated heterocycles. The number of aliphatic carboxylic acids is 1. The van der Waals surface area contributed by atoms with E-state index in [1.54, 1.807) is 0 Å². The molecule has 2 aliphatic rings. The summed E-state index contributed by atoms with van der Waals surface area (Å²) < 4.78 is 0. The van der Waals surface area contributed by atoms with Gasteiger partial charge in [-0.15, -0.1) is 0 Å². The minimum absolute atomic E-state index is 0.213. The number of likely N-dealkylation sites (tertiary alicyclic amines) is 2. The number of carboxylic acid groups (broad SMARTS) is 1. The van der Waals surface area contributed by atoms with Crippen molar-refractivity contribution in [2.45, 2.75) is 25.3 Å². The lowest BCUT2D eigenvalue weighted by molar-refractivity contribution is -0.140. The van der Waals surface area contributed by atoms with E-state index in [1.807, 2.05) is 4.90 Å². The van der Waals surface area contributed by atoms with Gasteiger partial charge < -0.3 is 5.11 Å². The van der Waals surface area contributed by atoms with Crippen molar-refractivity contribution in [3.63, 3.8) is 0 Å². The first-order valence-corrected chi connectivity index (χ1v) is 5.44. The summed E-state index contributed by atoms with van der Waals surface area (Å²) in [6.07, 6.45) is 3.99. The Balaban J connectivity index is 1.68. The molecule has 2 fully saturated rings. The van der Waals surface area contributed by atoms with Crippen LogP contribution in [0.4, 0.5) is 0 Å². The Kier molecular flexibility index (Phi) is 3.03. The number of nitrogens with zero attached hydrogens (tertiary/aromatic N) is 2. The van der Waals surface area contributed by atoms with Gasteiger partial charge in [-0.2, -0.15) is 0 Å². The number of carboxylic acids is 1. The zero-order chi connectivity index (χ0) is 9.97. The summed E-state index contributed by atoms with van der Waals surface area (Å²) in [5.74, 6) is -0.706. The predicted octanol–water partition coefficient (Wildman–Crippen LogP) is 0.241. The largest absolute Gasteiger partial charge is 0.480 e. The van der Waals surface area contributed by atoms with Crippen LogP contribution in [-0.4, -0.2) is 59.6 Å². The van der Waals surface area contributed by atoms with Gasteiger partial charge in [0.15, 0.2) is 0 Å². The Bertz CT molecular complexity index is 208. The summed E-state index contributed by atoms with van der Waals surface area (Å²) >= 11 is 0. The maximum atomic E-state index is 10.4. The monoisotopic (exact) mass is 198 g/mol. The lowest BCUT2D eigenvalue weighted by Gasteiger charge is -2.46. The predicted molar refractivity (Wildman–Crippen MR) is 53.3 cm³/mol. The van der Waals surface area contributed by atoms with Crippen LogP contribution >= 0.6 is 0 Å². The van der Waals surface area contributed by atoms with Crippen molar-refractivity contribution in [3.8, 4) is 0 Å². The molecule has 0 bridgehead atoms. The van der Waals surface area contributed by atoms with Crippen LogP contribution in [0.5, 0.6) is 0 Å². The van der Waals surface area contributed by atoms with E-state index < -0.39 is 5.97 Å². The normalized spacial score (nSPS) is 26.0. The number of hydrogen-bond acceptors (Lipinski definition) is 3. The molecule has 0 aromatic heterocycles. The summed E-state index contributed by atoms with van der Waals surface area (Å²) in [6.45, 7) is 4.54. The third-order valence-corrected chi connectivity index (χ3v) is 3.20. The van der Waals surface area contributed by atoms with Crippen LogP contribution in [0.2, 0.25) is 0 Å². The summed E-state index contributed by atoms with van der Waals surface area (Å²) in [5.41, 5.74) is 0. The molecule has 0 aromatic rings. The highest BCUT2D eigenvalue weighted by molar-refractivity contribution is 5.69. The standard InChI is InChI=1S/C10H18N2O2/c13-10(14)8-11-6-9(7-11)12-4-2-1-3-5-12/h9H,1-8H2,(H,13,14). The Labute approximate surface area is 84.5 Å². The van der Waals surface area contributed by atoms with Crippen molar-refractivity contribution < 1.29 is 9.90 Å². The van der Waals surface area contributed by atoms with Crippen LogP contribution in [0.25, 0.3) is 0 Å². The summed E-state index contributed by atoms with van der Waals surface area (Å²) in [7, 11) is 0. The number of carbonyl (C=O) groups is 1. The van der Waals surface area contributed by atoms with Crippen LogP contribution < -0.4 is 0 Å². The zero-order valence-corrected chi connectivity index (χ0v) is 8.48. The molecule has 1 N–H and O–H groups in total. The average molecular weight is 198 g/mol. The van der Waals surface area contributed by atoms with Gasteiger partial charge in [-0.3, -0.25) is 14.6 Å². The SMILES string of the molecule is O=C(O)CN1CC(N2CCCCC2)C1. The molecule has 0 saturated carbocycles. The van der Waals surface area contributed by atoms with E-state index in [0.29, 0.717) is 6.04 Å². The first-order valence-electron chi connectivity index (χ1n) is 5.44. The number of piperidine rings is 1. The lowest BCUT2D eigenvalue weighted by atomic mass is 10.0. The Morgan fingerprint density at radius 1 is 1.21 bits per heavy atom. The maximum absolute atomic E-state index is 10.4. The average Bonchev–Trinajstić information content (AvgIpc) is 2.12. The second kappa shape index (κ2) is 4.28. The second-order valence-corrected chi connectivity index (χ2v) is 4.34. The Morgan fingerprint density at radius 3 is 2.43 bits per heavy atom. The Morgan fingerprint density at radius 2 is 1.86 bits per heavy atom. The summed E-state index contributed by atoms with van der Waals surface area (Å²) in [5, 5.41) is 8.59. The maximum Gasteiger partial charge on any atom is 0.317 e. The van der Waals surface area contributed by atoms with Crippen molar-refractivity contribution in [1.29, 1.82) is 0 Å². The van der Waals surface area contributed by atoms with Crippen molar-refractivity contribution in [2.75, 3.05) is 32.7 Å². The van der Waals surface area contributed by atoms with Gasteiger partial charge in [0.25, 0.3) is 0 Å². The number of rotatable bonds is 3. The zero-order valence-electron chi connectivity index (χ0n) is 8.48. The van der Waals surface area contributed by atoms with E-state index in [2.05, 4.69) is 4.90 Å². The van der Waals surface area contributed by atoms with E-state index in [0.717, 1.165) is 13.1 Å². The fourth-order valence-electron chi connectivity index (χ4n) is 2.38. The van der Waals surface area contributed by atoms with Crippen LogP contribution in [-0.2, 0) is 4.79 Å². The van der Waals surface area contributed by atoms with E-state index in [-0.39, 0.29) is 6.54 Å². The van der Waals surface area contributed by atoms with Crippen LogP contribution in [0, 0.1) is 0 Å². The lowest BCUT2D eigenvalue weighted by Crippen LogP contribution is -2.61. The second-order valence-electron chi connectivity index (χ2n) is 4.34. The molecule has 2 aliphatic heterocycles. The van der Waals surface area contributed by atoms with Crippen LogP contribution in [0.1, 0.15) is 19.3 Å². The molecule has 2 heterocycles. The quantitative estimate of drug-likeness (QED) is 0.705. The molecule has 0 spiro atoms. The van der Waals surface area contributed by atoms with Crippen molar-refractivity contribution >= 4 is 5.97 Å². The van der Waals surface area contributed by atoms with E-state index in [9.17, 15) is 4.79 Å². The fraction of sp³-hybridized carbons (Fsp3) is 0.900. The highest BCUT2D eigenvalue weighted by atomic mass is 16.4. The smallest absolute Gasteiger partial charge is 0.317 e. The van der Waals surface area contributed by atoms with Gasteiger partial charge in [-0.05, 0) is 25.9 Å². The van der Waals surface area contributed by atoms with Gasteiger partial charge in [0.1, 0.15) is 0 Å². The van der Waals surface area contributed by atoms with E-state index in [1.165, 1.54) is 32.4 Å². The highest BCUT2D eigenvalue weighted by Gasteiger charge is 2.32. The van der Waals surface area contributed by atoms with Gasteiger partial charge in [0, 0.05) is 19.1 Å². The van der Waals surface area contributed by atoms with Crippen molar-refractivity contribution in [3.05, 3.63) is 0 Å². The van der Waals surface area contributed by atoms with Crippen LogP contribution in [0.15, 0.2) is 0 Å². The molecule has 0 radical (unpaired) electrons. The van der Waals surface area contributed by atoms with Gasteiger partial charge in [-0.25, -0.2) is 0 Å². The molecule has 0 atom stereocenters. The molecule has 0 aromatic carbocycles. The van der Waals surface area contributed by atoms with Gasteiger partial charge in [0.05, 0.1) is 6.54 Å². The molecule has 0 aliphatic carbocycles. The minimum Gasteiger partial charge on any atom is -0.480 e. The summed E-state index contributed by atoms with van der Waals surface area (Å²) in [6, 6.07) is 0.634. The van der Waals surface area contributed by atoms with Gasteiger partial charge >= 0.3 is 5.97 Å². The topological polar surface area (TPSA) is 43.8 Å². The van der Waals surface area contributed by atoms with Crippen molar-refractivity contribution in [1.82, 2.24) is 9.80 Å². The Hall–Kier alpha value is -0.610. The molecule has 14 heavy (non-hydrogen) atoms. The summed E-state index contributed by atoms with van der Waals surface area (Å²) in [4.78, 5) is 14.9. The molecule has 4 nitrogen and oxygen atoms in total. The van der Waals surface area contributed by atoms with Crippen molar-refractivity contribution in [2.24, 2.45) is 0 Å². The third kappa shape index (κ3) is 2.25. The van der Waals surface area contributed by atoms with Gasteiger partial charge in [0.2, 0.25) is 0 Å². The number of hydrogen-bond donors (Lipinski definition) is 1. The molecule has 4 heteroatoms. The molecular weight excluding hydrogens is 180 g/mol. The van der Waals surface area contributed by atoms with Gasteiger partial charge in [-0.1, -0.05) is 6.42 Å².